The summed E-state index contributed by atoms with van der Waals surface area (Å²) in [6.07, 6.45) is 3.58. The number of piperidine rings is 1. The number of fused-ring (bicyclic) bond motifs is 2. The van der Waals surface area contributed by atoms with Crippen LogP contribution in [-0.4, -0.2) is 49.2 Å². The molecule has 1 amide bonds. The number of nitrogens with zero attached hydrogens (tertiary/aromatic N) is 1. The second-order valence-corrected chi connectivity index (χ2v) is 4.88. The number of likely N-dealkylation sites (tertiary alicyclic amines) is 1. The molecule has 0 aromatic heterocycles. The third-order valence-corrected chi connectivity index (χ3v) is 3.83. The zero-order valence-electron chi connectivity index (χ0n) is 8.95. The fourth-order valence-corrected chi connectivity index (χ4v) is 2.97. The molecule has 3 heterocycles. The maximum atomic E-state index is 12.2. The summed E-state index contributed by atoms with van der Waals surface area (Å²) in [4.78, 5) is 14.3. The highest BCUT2D eigenvalue weighted by molar-refractivity contribution is 5.80. The van der Waals surface area contributed by atoms with Crippen LogP contribution in [0.3, 0.4) is 0 Å². The number of amides is 1. The van der Waals surface area contributed by atoms with Crippen LogP contribution in [0.15, 0.2) is 0 Å². The normalized spacial score (nSPS) is 39.7. The topological polar surface area (TPSA) is 41.6 Å². The van der Waals surface area contributed by atoms with E-state index in [1.165, 1.54) is 0 Å². The molecule has 84 valence electrons. The second-order valence-electron chi connectivity index (χ2n) is 4.88. The Morgan fingerprint density at radius 2 is 2.40 bits per heavy atom. The minimum Gasteiger partial charge on any atom is -0.374 e. The van der Waals surface area contributed by atoms with Crippen LogP contribution in [0.25, 0.3) is 0 Å². The van der Waals surface area contributed by atoms with Crippen molar-refractivity contribution in [3.63, 3.8) is 0 Å². The van der Waals surface area contributed by atoms with Gasteiger partial charge in [-0.15, -0.1) is 0 Å². The summed E-state index contributed by atoms with van der Waals surface area (Å²) in [5, 5.41) is 3.30. The molecule has 1 N–H and O–H groups in total. The summed E-state index contributed by atoms with van der Waals surface area (Å²) in [6.45, 7) is 3.53. The molecular formula is C11H18N2O2. The molecular weight excluding hydrogens is 192 g/mol. The quantitative estimate of drug-likeness (QED) is 0.661. The van der Waals surface area contributed by atoms with Gasteiger partial charge in [-0.1, -0.05) is 0 Å². The lowest BCUT2D eigenvalue weighted by Gasteiger charge is -2.32. The summed E-state index contributed by atoms with van der Waals surface area (Å²) >= 11 is 0. The summed E-state index contributed by atoms with van der Waals surface area (Å²) < 4.78 is 5.51. The Balaban J connectivity index is 1.64. The van der Waals surface area contributed by atoms with Crippen LogP contribution in [0.4, 0.5) is 0 Å². The Morgan fingerprint density at radius 3 is 3.00 bits per heavy atom. The van der Waals surface area contributed by atoms with E-state index in [4.69, 9.17) is 4.74 Å². The number of carbonyl (C=O) groups excluding carboxylic acids is 1. The van der Waals surface area contributed by atoms with Gasteiger partial charge in [0.05, 0.1) is 24.7 Å². The number of hydrogen-bond donors (Lipinski definition) is 1. The Kier molecular flexibility index (Phi) is 2.41. The van der Waals surface area contributed by atoms with Gasteiger partial charge in [0, 0.05) is 13.1 Å². The van der Waals surface area contributed by atoms with Gasteiger partial charge in [0.15, 0.2) is 0 Å². The minimum atomic E-state index is 0.220. The van der Waals surface area contributed by atoms with Crippen LogP contribution in [-0.2, 0) is 9.53 Å². The lowest BCUT2D eigenvalue weighted by molar-refractivity contribution is -0.140. The highest BCUT2D eigenvalue weighted by atomic mass is 16.5. The molecule has 4 heteroatoms. The van der Waals surface area contributed by atoms with Gasteiger partial charge in [0.1, 0.15) is 0 Å². The predicted octanol–water partition coefficient (Wildman–Crippen LogP) is -0.0143. The van der Waals surface area contributed by atoms with E-state index in [-0.39, 0.29) is 5.92 Å². The predicted molar refractivity (Wildman–Crippen MR) is 55.5 cm³/mol. The molecule has 3 atom stereocenters. The van der Waals surface area contributed by atoms with Crippen molar-refractivity contribution in [1.82, 2.24) is 10.2 Å². The highest BCUT2D eigenvalue weighted by Gasteiger charge is 2.43. The fourth-order valence-electron chi connectivity index (χ4n) is 2.97. The average molecular weight is 210 g/mol. The molecule has 3 rings (SSSR count). The SMILES string of the molecule is O=C([C@@H]1CCCNC1)N1C[C@H]2C[C@H]1CO2. The van der Waals surface area contributed by atoms with Gasteiger partial charge in [0.25, 0.3) is 0 Å². The second kappa shape index (κ2) is 3.76. The van der Waals surface area contributed by atoms with Gasteiger partial charge in [-0.05, 0) is 25.8 Å². The van der Waals surface area contributed by atoms with Gasteiger partial charge in [-0.2, -0.15) is 0 Å². The summed E-state index contributed by atoms with van der Waals surface area (Å²) in [5.41, 5.74) is 0. The Bertz CT molecular complexity index is 263. The van der Waals surface area contributed by atoms with Crippen LogP contribution in [0, 0.1) is 5.92 Å². The molecule has 4 nitrogen and oxygen atoms in total. The first-order valence-electron chi connectivity index (χ1n) is 5.97. The lowest BCUT2D eigenvalue weighted by atomic mass is 9.98. The maximum Gasteiger partial charge on any atom is 0.227 e. The maximum absolute atomic E-state index is 12.2. The molecule has 15 heavy (non-hydrogen) atoms. The van der Waals surface area contributed by atoms with E-state index in [1.807, 2.05) is 0 Å². The molecule has 0 aliphatic carbocycles. The van der Waals surface area contributed by atoms with Gasteiger partial charge in [-0.3, -0.25) is 4.79 Å². The third kappa shape index (κ3) is 1.66. The standard InChI is InChI=1S/C11H18N2O2/c14-11(8-2-1-3-12-5-8)13-6-10-4-9(13)7-15-10/h8-10,12H,1-7H2/t8-,9+,10-/m1/s1. The number of morpholine rings is 1. The summed E-state index contributed by atoms with van der Waals surface area (Å²) in [6, 6.07) is 0.379. The summed E-state index contributed by atoms with van der Waals surface area (Å²) in [7, 11) is 0. The number of hydrogen-bond acceptors (Lipinski definition) is 3. The molecule has 3 aliphatic heterocycles. The van der Waals surface area contributed by atoms with Crippen molar-refractivity contribution < 1.29 is 9.53 Å². The third-order valence-electron chi connectivity index (χ3n) is 3.83. The zero-order chi connectivity index (χ0) is 10.3. The van der Waals surface area contributed by atoms with Crippen LogP contribution >= 0.6 is 0 Å². The van der Waals surface area contributed by atoms with Gasteiger partial charge in [-0.25, -0.2) is 0 Å². The van der Waals surface area contributed by atoms with E-state index in [0.29, 0.717) is 18.1 Å². The Morgan fingerprint density at radius 1 is 1.47 bits per heavy atom. The molecule has 3 aliphatic rings. The average Bonchev–Trinajstić information content (AvgIpc) is 2.91. The molecule has 0 radical (unpaired) electrons. The smallest absolute Gasteiger partial charge is 0.227 e. The first-order chi connectivity index (χ1) is 7.34. The van der Waals surface area contributed by atoms with Crippen molar-refractivity contribution in [2.45, 2.75) is 31.4 Å². The van der Waals surface area contributed by atoms with Crippen molar-refractivity contribution >= 4 is 5.91 Å². The molecule has 2 bridgehead atoms. The molecule has 0 aromatic carbocycles. The van der Waals surface area contributed by atoms with Crippen molar-refractivity contribution in [2.24, 2.45) is 5.92 Å². The first kappa shape index (κ1) is 9.60. The van der Waals surface area contributed by atoms with Crippen molar-refractivity contribution in [3.05, 3.63) is 0 Å². The van der Waals surface area contributed by atoms with E-state index in [1.54, 1.807) is 0 Å². The largest absolute Gasteiger partial charge is 0.374 e. The Labute approximate surface area is 90.0 Å². The van der Waals surface area contributed by atoms with Gasteiger partial charge >= 0.3 is 0 Å². The first-order valence-corrected chi connectivity index (χ1v) is 5.97. The monoisotopic (exact) mass is 210 g/mol. The minimum absolute atomic E-state index is 0.220. The van der Waals surface area contributed by atoms with E-state index in [2.05, 4.69) is 10.2 Å². The molecule has 0 unspecified atom stereocenters. The van der Waals surface area contributed by atoms with Crippen LogP contribution in [0.5, 0.6) is 0 Å². The van der Waals surface area contributed by atoms with E-state index in [0.717, 1.165) is 45.5 Å². The fraction of sp³-hybridized carbons (Fsp3) is 0.909. The van der Waals surface area contributed by atoms with Gasteiger partial charge in [0.2, 0.25) is 5.91 Å². The number of rotatable bonds is 1. The van der Waals surface area contributed by atoms with Crippen molar-refractivity contribution in [1.29, 1.82) is 0 Å². The van der Waals surface area contributed by atoms with E-state index >= 15 is 0 Å². The molecule has 3 fully saturated rings. The molecule has 3 saturated heterocycles. The van der Waals surface area contributed by atoms with Crippen LogP contribution < -0.4 is 5.32 Å². The van der Waals surface area contributed by atoms with Gasteiger partial charge < -0.3 is 15.0 Å². The van der Waals surface area contributed by atoms with Crippen LogP contribution in [0.1, 0.15) is 19.3 Å². The van der Waals surface area contributed by atoms with Crippen molar-refractivity contribution in [3.8, 4) is 0 Å². The van der Waals surface area contributed by atoms with E-state index in [9.17, 15) is 4.79 Å². The van der Waals surface area contributed by atoms with Crippen molar-refractivity contribution in [2.75, 3.05) is 26.2 Å². The summed E-state index contributed by atoms with van der Waals surface area (Å²) in [5.74, 6) is 0.580. The van der Waals surface area contributed by atoms with E-state index < -0.39 is 0 Å². The lowest BCUT2D eigenvalue weighted by Crippen LogP contribution is -2.48. The molecule has 0 spiro atoms. The molecule has 0 aromatic rings. The number of carbonyl (C=O) groups is 1. The number of nitrogens with one attached hydrogen (secondary N) is 1. The molecule has 0 saturated carbocycles. The van der Waals surface area contributed by atoms with Crippen LogP contribution in [0.2, 0.25) is 0 Å². The Hall–Kier alpha value is -0.610. The highest BCUT2D eigenvalue weighted by Crippen LogP contribution is 2.29. The number of ether oxygens (including phenoxy) is 1. The zero-order valence-corrected chi connectivity index (χ0v) is 8.95.